The fraction of sp³-hybridized carbons (Fsp3) is 0.556. The van der Waals surface area contributed by atoms with E-state index in [1.807, 2.05) is 6.08 Å². The van der Waals surface area contributed by atoms with Gasteiger partial charge in [0.15, 0.2) is 18.2 Å². The summed E-state index contributed by atoms with van der Waals surface area (Å²) in [5.41, 5.74) is 0.231. The molecule has 0 bridgehead atoms. The number of rotatable bonds is 6. The van der Waals surface area contributed by atoms with E-state index in [2.05, 4.69) is 11.3 Å². The van der Waals surface area contributed by atoms with Crippen molar-refractivity contribution in [2.45, 2.75) is 50.6 Å². The van der Waals surface area contributed by atoms with Gasteiger partial charge < -0.3 is 4.74 Å². The van der Waals surface area contributed by atoms with Crippen molar-refractivity contribution in [1.82, 2.24) is 0 Å². The van der Waals surface area contributed by atoms with Crippen molar-refractivity contribution in [3.05, 3.63) is 42.0 Å². The minimum atomic E-state index is -4.59. The van der Waals surface area contributed by atoms with Crippen LogP contribution in [0.15, 0.2) is 24.8 Å². The number of allylic oxidation sites excluding steroid dienone is 1. The van der Waals surface area contributed by atoms with E-state index in [-0.39, 0.29) is 11.5 Å². The summed E-state index contributed by atoms with van der Waals surface area (Å²) in [6, 6.07) is 2.43. The average molecular weight is 348 g/mol. The number of alkyl halides is 3. The molecule has 1 fully saturated rings. The van der Waals surface area contributed by atoms with Crippen LogP contribution in [0.25, 0.3) is 0 Å². The Morgan fingerprint density at radius 2 is 1.75 bits per heavy atom. The lowest BCUT2D eigenvalue weighted by Crippen LogP contribution is -2.20. The standard InChI is InChI=1S/C18H21F5O/c1-2-3-4-12-5-7-13(8-6-12)14-9-10-15(17(20)16(14)19)24-11-18(21,22)23/h2,9-10,12-13H,1,3-8,11H2. The molecule has 0 radical (unpaired) electrons. The molecule has 1 aliphatic rings. The second-order valence-corrected chi connectivity index (χ2v) is 6.27. The van der Waals surface area contributed by atoms with E-state index in [4.69, 9.17) is 0 Å². The molecular formula is C18H21F5O. The number of benzene rings is 1. The largest absolute Gasteiger partial charge is 0.481 e. The molecule has 0 aliphatic heterocycles. The van der Waals surface area contributed by atoms with Gasteiger partial charge in [0, 0.05) is 0 Å². The molecule has 1 aromatic carbocycles. The molecule has 0 atom stereocenters. The molecule has 1 aliphatic carbocycles. The van der Waals surface area contributed by atoms with Gasteiger partial charge in [-0.1, -0.05) is 12.1 Å². The highest BCUT2D eigenvalue weighted by Crippen LogP contribution is 2.40. The molecule has 1 aromatic rings. The predicted molar refractivity (Wildman–Crippen MR) is 82.0 cm³/mol. The van der Waals surface area contributed by atoms with Crippen LogP contribution in [0.5, 0.6) is 5.75 Å². The summed E-state index contributed by atoms with van der Waals surface area (Å²) in [5, 5.41) is 0. The lowest BCUT2D eigenvalue weighted by atomic mass is 9.77. The first-order chi connectivity index (χ1) is 11.3. The summed E-state index contributed by atoms with van der Waals surface area (Å²) in [6.07, 6.45) is 2.66. The Balaban J connectivity index is 2.02. The molecule has 2 rings (SSSR count). The summed E-state index contributed by atoms with van der Waals surface area (Å²) in [4.78, 5) is 0. The molecule has 134 valence electrons. The molecule has 24 heavy (non-hydrogen) atoms. The van der Waals surface area contributed by atoms with Crippen LogP contribution >= 0.6 is 0 Å². The third-order valence-electron chi connectivity index (χ3n) is 4.53. The van der Waals surface area contributed by atoms with Crippen LogP contribution in [0.4, 0.5) is 22.0 Å². The van der Waals surface area contributed by atoms with Gasteiger partial charge in [0.25, 0.3) is 0 Å². The maximum absolute atomic E-state index is 14.2. The van der Waals surface area contributed by atoms with Crippen LogP contribution in [-0.2, 0) is 0 Å². The van der Waals surface area contributed by atoms with Crippen LogP contribution < -0.4 is 4.74 Å². The van der Waals surface area contributed by atoms with Gasteiger partial charge >= 0.3 is 6.18 Å². The molecule has 1 saturated carbocycles. The molecule has 1 nitrogen and oxygen atoms in total. The third-order valence-corrected chi connectivity index (χ3v) is 4.53. The van der Waals surface area contributed by atoms with Crippen molar-refractivity contribution in [3.8, 4) is 5.75 Å². The fourth-order valence-corrected chi connectivity index (χ4v) is 3.25. The molecule has 0 spiro atoms. The average Bonchev–Trinajstić information content (AvgIpc) is 2.54. The van der Waals surface area contributed by atoms with Crippen molar-refractivity contribution in [3.63, 3.8) is 0 Å². The predicted octanol–water partition coefficient (Wildman–Crippen LogP) is 6.15. The highest BCUT2D eigenvalue weighted by Gasteiger charge is 2.30. The van der Waals surface area contributed by atoms with Crippen LogP contribution in [-0.4, -0.2) is 12.8 Å². The van der Waals surface area contributed by atoms with Crippen LogP contribution in [0.3, 0.4) is 0 Å². The first-order valence-corrected chi connectivity index (χ1v) is 8.10. The van der Waals surface area contributed by atoms with Crippen molar-refractivity contribution < 1.29 is 26.7 Å². The van der Waals surface area contributed by atoms with Crippen LogP contribution in [0.2, 0.25) is 0 Å². The quantitative estimate of drug-likeness (QED) is 0.443. The molecule has 0 unspecified atom stereocenters. The minimum Gasteiger partial charge on any atom is -0.481 e. The third kappa shape index (κ3) is 4.95. The number of hydrogen-bond donors (Lipinski definition) is 0. The van der Waals surface area contributed by atoms with Gasteiger partial charge in [-0.15, -0.1) is 6.58 Å². The van der Waals surface area contributed by atoms with E-state index >= 15 is 0 Å². The number of hydrogen-bond acceptors (Lipinski definition) is 1. The Morgan fingerprint density at radius 3 is 2.33 bits per heavy atom. The zero-order valence-corrected chi connectivity index (χ0v) is 13.3. The zero-order chi connectivity index (χ0) is 17.7. The highest BCUT2D eigenvalue weighted by atomic mass is 19.4. The summed E-state index contributed by atoms with van der Waals surface area (Å²) in [5.74, 6) is -2.67. The Labute approximate surface area is 138 Å². The zero-order valence-electron chi connectivity index (χ0n) is 13.3. The smallest absolute Gasteiger partial charge is 0.422 e. The molecule has 6 heteroatoms. The van der Waals surface area contributed by atoms with E-state index in [1.165, 1.54) is 6.07 Å². The molecule has 0 heterocycles. The van der Waals surface area contributed by atoms with Crippen molar-refractivity contribution >= 4 is 0 Å². The van der Waals surface area contributed by atoms with Gasteiger partial charge in [-0.25, -0.2) is 4.39 Å². The first-order valence-electron chi connectivity index (χ1n) is 8.10. The van der Waals surface area contributed by atoms with Gasteiger partial charge in [-0.05, 0) is 62.0 Å². The molecule has 0 N–H and O–H groups in total. The topological polar surface area (TPSA) is 9.23 Å². The summed E-state index contributed by atoms with van der Waals surface area (Å²) < 4.78 is 68.9. The van der Waals surface area contributed by atoms with Gasteiger partial charge in [0.05, 0.1) is 0 Å². The Bertz CT molecular complexity index is 559. The Kier molecular flexibility index (Phi) is 6.24. The van der Waals surface area contributed by atoms with E-state index in [9.17, 15) is 22.0 Å². The number of halogens is 5. The maximum Gasteiger partial charge on any atom is 0.422 e. The minimum absolute atomic E-state index is 0.101. The fourth-order valence-electron chi connectivity index (χ4n) is 3.25. The van der Waals surface area contributed by atoms with E-state index in [0.29, 0.717) is 5.92 Å². The highest BCUT2D eigenvalue weighted by molar-refractivity contribution is 5.33. The van der Waals surface area contributed by atoms with Gasteiger partial charge in [-0.3, -0.25) is 0 Å². The first kappa shape index (κ1) is 18.7. The monoisotopic (exact) mass is 348 g/mol. The lowest BCUT2D eigenvalue weighted by Gasteiger charge is -2.29. The summed E-state index contributed by atoms with van der Waals surface area (Å²) in [7, 11) is 0. The Morgan fingerprint density at radius 1 is 1.08 bits per heavy atom. The van der Waals surface area contributed by atoms with Gasteiger partial charge in [-0.2, -0.15) is 17.6 Å². The molecular weight excluding hydrogens is 327 g/mol. The van der Waals surface area contributed by atoms with Crippen molar-refractivity contribution in [1.29, 1.82) is 0 Å². The molecule has 0 saturated heterocycles. The van der Waals surface area contributed by atoms with E-state index in [1.54, 1.807) is 0 Å². The molecule has 0 aromatic heterocycles. The van der Waals surface area contributed by atoms with Crippen molar-refractivity contribution in [2.75, 3.05) is 6.61 Å². The van der Waals surface area contributed by atoms with E-state index in [0.717, 1.165) is 44.6 Å². The lowest BCUT2D eigenvalue weighted by molar-refractivity contribution is -0.153. The van der Waals surface area contributed by atoms with Gasteiger partial charge in [0.1, 0.15) is 0 Å². The van der Waals surface area contributed by atoms with Gasteiger partial charge in [0.2, 0.25) is 5.82 Å². The van der Waals surface area contributed by atoms with Crippen molar-refractivity contribution in [2.24, 2.45) is 5.92 Å². The second-order valence-electron chi connectivity index (χ2n) is 6.27. The second kappa shape index (κ2) is 7.99. The summed E-state index contributed by atoms with van der Waals surface area (Å²) >= 11 is 0. The molecule has 0 amide bonds. The van der Waals surface area contributed by atoms with Crippen LogP contribution in [0.1, 0.15) is 50.0 Å². The maximum atomic E-state index is 14.2. The number of ether oxygens (including phenoxy) is 1. The normalized spacial score (nSPS) is 21.5. The Hall–Kier alpha value is -1.59. The van der Waals surface area contributed by atoms with E-state index < -0.39 is 30.2 Å². The summed E-state index contributed by atoms with van der Waals surface area (Å²) in [6.45, 7) is 2.05. The van der Waals surface area contributed by atoms with Crippen LogP contribution in [0, 0.1) is 17.6 Å². The SMILES string of the molecule is C=CCCC1CCC(c2ccc(OCC(F)(F)F)c(F)c2F)CC1.